The van der Waals surface area contributed by atoms with Crippen molar-refractivity contribution in [3.63, 3.8) is 0 Å². The minimum atomic E-state index is -1.73. The molecule has 1 aromatic heterocycles. The second kappa shape index (κ2) is 9.64. The van der Waals surface area contributed by atoms with E-state index in [1.54, 1.807) is 7.11 Å². The zero-order valence-electron chi connectivity index (χ0n) is 19.5. The van der Waals surface area contributed by atoms with E-state index in [1.165, 1.54) is 10.9 Å². The molecule has 5 heteroatoms. The third-order valence-electron chi connectivity index (χ3n) is 6.27. The lowest BCUT2D eigenvalue weighted by Crippen LogP contribution is -2.41. The SMILES string of the molecule is COc1ccc2c(c1)cc(/C=C/c1ccccc1Cl)n2CCCO[Si](C)(C)C(C)(C)C. The number of halogens is 1. The van der Waals surface area contributed by atoms with Crippen molar-refractivity contribution in [2.24, 2.45) is 0 Å². The van der Waals surface area contributed by atoms with Crippen LogP contribution in [0.15, 0.2) is 48.5 Å². The summed E-state index contributed by atoms with van der Waals surface area (Å²) < 4.78 is 14.2. The summed E-state index contributed by atoms with van der Waals surface area (Å²) in [5, 5.41) is 2.15. The van der Waals surface area contributed by atoms with Crippen LogP contribution in [0.3, 0.4) is 0 Å². The number of methoxy groups -OCH3 is 1. The van der Waals surface area contributed by atoms with Gasteiger partial charge < -0.3 is 13.7 Å². The number of aromatic nitrogens is 1. The Hall–Kier alpha value is -2.01. The van der Waals surface area contributed by atoms with Crippen LogP contribution >= 0.6 is 11.6 Å². The van der Waals surface area contributed by atoms with Crippen molar-refractivity contribution in [1.82, 2.24) is 4.57 Å². The highest BCUT2D eigenvalue weighted by Gasteiger charge is 2.36. The fourth-order valence-electron chi connectivity index (χ4n) is 3.34. The Labute approximate surface area is 192 Å². The van der Waals surface area contributed by atoms with Crippen LogP contribution in [0.1, 0.15) is 38.4 Å². The number of rotatable bonds is 8. The molecule has 0 saturated heterocycles. The standard InChI is InChI=1S/C26H34ClNO2Si/c1-26(2,3)31(5,6)30-17-9-16-28-22(13-12-20-10-7-8-11-24(20)27)18-21-19-23(29-4)14-15-25(21)28/h7-8,10-15,18-19H,9,16-17H2,1-6H3/b13-12+. The quantitative estimate of drug-likeness (QED) is 0.254. The Balaban J connectivity index is 1.84. The number of hydrogen-bond donors (Lipinski definition) is 0. The van der Waals surface area contributed by atoms with Crippen LogP contribution in [-0.2, 0) is 11.0 Å². The van der Waals surface area contributed by atoms with Gasteiger partial charge in [0.05, 0.1) is 7.11 Å². The van der Waals surface area contributed by atoms with E-state index in [-0.39, 0.29) is 5.04 Å². The topological polar surface area (TPSA) is 23.4 Å². The van der Waals surface area contributed by atoms with Crippen LogP contribution in [-0.4, -0.2) is 26.6 Å². The first-order chi connectivity index (χ1) is 14.6. The highest BCUT2D eigenvalue weighted by atomic mass is 35.5. The summed E-state index contributed by atoms with van der Waals surface area (Å²) in [4.78, 5) is 0. The smallest absolute Gasteiger partial charge is 0.191 e. The van der Waals surface area contributed by atoms with Gasteiger partial charge in [0.2, 0.25) is 0 Å². The Morgan fingerprint density at radius 2 is 1.77 bits per heavy atom. The number of fused-ring (bicyclic) bond motifs is 1. The van der Waals surface area contributed by atoms with Crippen LogP contribution in [0.4, 0.5) is 0 Å². The van der Waals surface area contributed by atoms with Crippen molar-refractivity contribution in [1.29, 1.82) is 0 Å². The molecule has 0 radical (unpaired) electrons. The van der Waals surface area contributed by atoms with Crippen molar-refractivity contribution in [3.05, 3.63) is 64.8 Å². The highest BCUT2D eigenvalue weighted by molar-refractivity contribution is 6.74. The van der Waals surface area contributed by atoms with E-state index in [9.17, 15) is 0 Å². The number of nitrogens with zero attached hydrogens (tertiary/aromatic N) is 1. The molecule has 3 nitrogen and oxygen atoms in total. The van der Waals surface area contributed by atoms with Gasteiger partial charge in [0.25, 0.3) is 0 Å². The Morgan fingerprint density at radius 1 is 1.03 bits per heavy atom. The molecule has 0 aliphatic heterocycles. The van der Waals surface area contributed by atoms with E-state index >= 15 is 0 Å². The third-order valence-corrected chi connectivity index (χ3v) is 11.2. The van der Waals surface area contributed by atoms with Gasteiger partial charge >= 0.3 is 0 Å². The summed E-state index contributed by atoms with van der Waals surface area (Å²) in [5.74, 6) is 0.868. The van der Waals surface area contributed by atoms with Crippen molar-refractivity contribution in [2.45, 2.75) is 51.9 Å². The van der Waals surface area contributed by atoms with E-state index in [2.05, 4.69) is 68.8 Å². The molecule has 2 aromatic carbocycles. The molecule has 3 rings (SSSR count). The monoisotopic (exact) mass is 455 g/mol. The largest absolute Gasteiger partial charge is 0.497 e. The second-order valence-electron chi connectivity index (χ2n) is 9.46. The van der Waals surface area contributed by atoms with Gasteiger partial charge in [-0.1, -0.05) is 56.6 Å². The van der Waals surface area contributed by atoms with Crippen molar-refractivity contribution in [3.8, 4) is 5.75 Å². The molecule has 3 aromatic rings. The number of benzene rings is 2. The molecular weight excluding hydrogens is 422 g/mol. The summed E-state index contributed by atoms with van der Waals surface area (Å²) in [7, 11) is -0.0237. The molecule has 0 aliphatic carbocycles. The van der Waals surface area contributed by atoms with Gasteiger partial charge in [-0.15, -0.1) is 0 Å². The molecule has 166 valence electrons. The molecule has 0 N–H and O–H groups in total. The summed E-state index contributed by atoms with van der Waals surface area (Å²) in [5.41, 5.74) is 3.36. The number of ether oxygens (including phenoxy) is 1. The molecule has 0 amide bonds. The maximum absolute atomic E-state index is 6.40. The third kappa shape index (κ3) is 5.62. The lowest BCUT2D eigenvalue weighted by molar-refractivity contribution is 0.275. The molecule has 0 fully saturated rings. The first-order valence-electron chi connectivity index (χ1n) is 10.9. The second-order valence-corrected chi connectivity index (χ2v) is 14.7. The zero-order chi connectivity index (χ0) is 22.6. The van der Waals surface area contributed by atoms with Gasteiger partial charge in [0.15, 0.2) is 8.32 Å². The molecule has 0 saturated carbocycles. The molecule has 0 unspecified atom stereocenters. The fourth-order valence-corrected chi connectivity index (χ4v) is 4.62. The predicted molar refractivity (Wildman–Crippen MR) is 137 cm³/mol. The number of hydrogen-bond acceptors (Lipinski definition) is 2. The van der Waals surface area contributed by atoms with E-state index in [0.29, 0.717) is 0 Å². The molecule has 0 bridgehead atoms. The Morgan fingerprint density at radius 3 is 2.45 bits per heavy atom. The van der Waals surface area contributed by atoms with E-state index in [1.807, 2.05) is 30.3 Å². The summed E-state index contributed by atoms with van der Waals surface area (Å²) >= 11 is 6.34. The van der Waals surface area contributed by atoms with Gasteiger partial charge in [0, 0.05) is 34.8 Å². The van der Waals surface area contributed by atoms with Gasteiger partial charge in [-0.05, 0) is 66.5 Å². The lowest BCUT2D eigenvalue weighted by atomic mass is 10.2. The summed E-state index contributed by atoms with van der Waals surface area (Å²) in [6.45, 7) is 13.1. The van der Waals surface area contributed by atoms with E-state index in [0.717, 1.165) is 41.6 Å². The van der Waals surface area contributed by atoms with Crippen LogP contribution in [0, 0.1) is 0 Å². The molecule has 31 heavy (non-hydrogen) atoms. The molecule has 0 atom stereocenters. The highest BCUT2D eigenvalue weighted by Crippen LogP contribution is 2.36. The zero-order valence-corrected chi connectivity index (χ0v) is 21.3. The minimum Gasteiger partial charge on any atom is -0.497 e. The van der Waals surface area contributed by atoms with Gasteiger partial charge in [-0.2, -0.15) is 0 Å². The first-order valence-corrected chi connectivity index (χ1v) is 14.1. The minimum absolute atomic E-state index is 0.229. The molecular formula is C26H34ClNO2Si. The molecule has 0 aliphatic rings. The normalized spacial score (nSPS) is 12.7. The maximum atomic E-state index is 6.40. The average molecular weight is 456 g/mol. The molecule has 0 spiro atoms. The van der Waals surface area contributed by atoms with Crippen molar-refractivity contribution in [2.75, 3.05) is 13.7 Å². The van der Waals surface area contributed by atoms with Crippen molar-refractivity contribution < 1.29 is 9.16 Å². The van der Waals surface area contributed by atoms with Crippen LogP contribution < -0.4 is 4.74 Å². The van der Waals surface area contributed by atoms with Crippen LogP contribution in [0.25, 0.3) is 23.1 Å². The predicted octanol–water partition coefficient (Wildman–Crippen LogP) is 7.89. The van der Waals surface area contributed by atoms with E-state index < -0.39 is 8.32 Å². The lowest BCUT2D eigenvalue weighted by Gasteiger charge is -2.36. The van der Waals surface area contributed by atoms with Crippen molar-refractivity contribution >= 4 is 43.0 Å². The van der Waals surface area contributed by atoms with Gasteiger partial charge in [0.1, 0.15) is 5.75 Å². The summed E-state index contributed by atoms with van der Waals surface area (Å²) in [6.07, 6.45) is 5.19. The van der Waals surface area contributed by atoms with E-state index in [4.69, 9.17) is 20.8 Å². The van der Waals surface area contributed by atoms with Crippen LogP contribution in [0.2, 0.25) is 23.2 Å². The Kier molecular flexibility index (Phi) is 7.35. The number of aryl methyl sites for hydroxylation is 1. The first kappa shape index (κ1) is 23.6. The molecule has 1 heterocycles. The Bertz CT molecular complexity index is 1060. The van der Waals surface area contributed by atoms with Gasteiger partial charge in [-0.25, -0.2) is 0 Å². The summed E-state index contributed by atoms with van der Waals surface area (Å²) in [6, 6.07) is 16.4. The average Bonchev–Trinajstić information content (AvgIpc) is 3.06. The fraction of sp³-hybridized carbons (Fsp3) is 0.385. The van der Waals surface area contributed by atoms with Crippen LogP contribution in [0.5, 0.6) is 5.75 Å². The maximum Gasteiger partial charge on any atom is 0.191 e. The van der Waals surface area contributed by atoms with Gasteiger partial charge in [-0.3, -0.25) is 0 Å².